The molecule has 2 nitrogen and oxygen atoms in total. The van der Waals surface area contributed by atoms with Crippen LogP contribution in [-0.4, -0.2) is 19.2 Å². The molecule has 0 spiro atoms. The molecule has 1 fully saturated rings. The van der Waals surface area contributed by atoms with Gasteiger partial charge in [0.15, 0.2) is 0 Å². The summed E-state index contributed by atoms with van der Waals surface area (Å²) in [7, 11) is 0. The van der Waals surface area contributed by atoms with Gasteiger partial charge in [0, 0.05) is 12.1 Å². The van der Waals surface area contributed by atoms with Crippen LogP contribution in [0.4, 0.5) is 4.39 Å². The van der Waals surface area contributed by atoms with Gasteiger partial charge in [-0.1, -0.05) is 6.07 Å². The highest BCUT2D eigenvalue weighted by molar-refractivity contribution is 5.32. The van der Waals surface area contributed by atoms with E-state index in [-0.39, 0.29) is 5.82 Å². The van der Waals surface area contributed by atoms with Gasteiger partial charge < -0.3 is 10.1 Å². The van der Waals surface area contributed by atoms with Crippen molar-refractivity contribution >= 4 is 0 Å². The van der Waals surface area contributed by atoms with E-state index in [1.807, 2.05) is 6.92 Å². The molecule has 0 aliphatic heterocycles. The van der Waals surface area contributed by atoms with Crippen molar-refractivity contribution in [1.29, 1.82) is 0 Å². The minimum absolute atomic E-state index is 0.232. The van der Waals surface area contributed by atoms with Crippen molar-refractivity contribution in [3.63, 3.8) is 0 Å². The van der Waals surface area contributed by atoms with Crippen LogP contribution < -0.4 is 10.1 Å². The molecule has 1 aliphatic carbocycles. The van der Waals surface area contributed by atoms with E-state index < -0.39 is 0 Å². The van der Waals surface area contributed by atoms with Gasteiger partial charge in [-0.2, -0.15) is 0 Å². The Hall–Kier alpha value is -1.09. The minimum Gasteiger partial charge on any atom is -0.493 e. The molecule has 0 atom stereocenters. The van der Waals surface area contributed by atoms with Gasteiger partial charge >= 0.3 is 0 Å². The monoisotopic (exact) mass is 251 g/mol. The van der Waals surface area contributed by atoms with Gasteiger partial charge in [0.25, 0.3) is 0 Å². The number of nitrogens with one attached hydrogen (secondary N) is 1. The number of halogens is 1. The van der Waals surface area contributed by atoms with E-state index >= 15 is 0 Å². The van der Waals surface area contributed by atoms with Gasteiger partial charge in [0.1, 0.15) is 11.6 Å². The molecule has 1 saturated carbocycles. The second-order valence-corrected chi connectivity index (χ2v) is 5.05. The van der Waals surface area contributed by atoms with Gasteiger partial charge in [-0.3, -0.25) is 0 Å². The zero-order valence-electron chi connectivity index (χ0n) is 11.0. The Bertz CT molecular complexity index is 377. The lowest BCUT2D eigenvalue weighted by molar-refractivity contribution is 0.301. The summed E-state index contributed by atoms with van der Waals surface area (Å²) in [5.74, 6) is 0.440. The van der Waals surface area contributed by atoms with E-state index in [1.165, 1.54) is 31.4 Å². The SMILES string of the molecule is Cc1ccc(F)cc1OCCCCCNC1CC1. The van der Waals surface area contributed by atoms with Crippen molar-refractivity contribution in [2.75, 3.05) is 13.2 Å². The third-order valence-electron chi connectivity index (χ3n) is 3.24. The molecule has 0 heterocycles. The Morgan fingerprint density at radius 1 is 1.28 bits per heavy atom. The third kappa shape index (κ3) is 4.65. The summed E-state index contributed by atoms with van der Waals surface area (Å²) in [6.45, 7) is 3.73. The lowest BCUT2D eigenvalue weighted by atomic mass is 10.2. The average molecular weight is 251 g/mol. The molecule has 0 radical (unpaired) electrons. The number of hydrogen-bond donors (Lipinski definition) is 1. The molecule has 18 heavy (non-hydrogen) atoms. The molecule has 0 bridgehead atoms. The largest absolute Gasteiger partial charge is 0.493 e. The standard InChI is InChI=1S/C15H22FNO/c1-12-5-6-13(16)11-15(12)18-10-4-2-3-9-17-14-7-8-14/h5-6,11,14,17H,2-4,7-10H2,1H3. The Kier molecular flexibility index (Phi) is 5.00. The highest BCUT2D eigenvalue weighted by Crippen LogP contribution is 2.19. The number of rotatable bonds is 8. The molecule has 2 rings (SSSR count). The Morgan fingerprint density at radius 2 is 2.11 bits per heavy atom. The van der Waals surface area contributed by atoms with Crippen molar-refractivity contribution < 1.29 is 9.13 Å². The molecule has 1 aliphatic rings. The lowest BCUT2D eigenvalue weighted by Gasteiger charge is -2.09. The van der Waals surface area contributed by atoms with Gasteiger partial charge in [0.05, 0.1) is 6.61 Å². The predicted octanol–water partition coefficient (Wildman–Crippen LogP) is 3.44. The van der Waals surface area contributed by atoms with Gasteiger partial charge in [0.2, 0.25) is 0 Å². The molecule has 1 aromatic rings. The molecule has 1 aromatic carbocycles. The summed E-state index contributed by atoms with van der Waals surface area (Å²) in [6, 6.07) is 5.48. The van der Waals surface area contributed by atoms with Crippen LogP contribution >= 0.6 is 0 Å². The molecule has 0 aromatic heterocycles. The van der Waals surface area contributed by atoms with E-state index in [0.29, 0.717) is 12.4 Å². The Morgan fingerprint density at radius 3 is 2.89 bits per heavy atom. The highest BCUT2D eigenvalue weighted by Gasteiger charge is 2.19. The van der Waals surface area contributed by atoms with Crippen LogP contribution in [0.3, 0.4) is 0 Å². The second kappa shape index (κ2) is 6.74. The predicted molar refractivity (Wildman–Crippen MR) is 71.5 cm³/mol. The molecule has 0 amide bonds. The molecule has 0 unspecified atom stereocenters. The van der Waals surface area contributed by atoms with Crippen LogP contribution in [0.25, 0.3) is 0 Å². The molecule has 100 valence electrons. The summed E-state index contributed by atoms with van der Waals surface area (Å²) in [5, 5.41) is 3.49. The zero-order chi connectivity index (χ0) is 12.8. The third-order valence-corrected chi connectivity index (χ3v) is 3.24. The van der Waals surface area contributed by atoms with Crippen molar-refractivity contribution in [1.82, 2.24) is 5.32 Å². The Labute approximate surface area is 109 Å². The zero-order valence-corrected chi connectivity index (χ0v) is 11.0. The van der Waals surface area contributed by atoms with E-state index in [1.54, 1.807) is 6.07 Å². The molecule has 3 heteroatoms. The molecular weight excluding hydrogens is 229 g/mol. The lowest BCUT2D eigenvalue weighted by Crippen LogP contribution is -2.17. The van der Waals surface area contributed by atoms with E-state index in [0.717, 1.165) is 31.0 Å². The second-order valence-electron chi connectivity index (χ2n) is 5.05. The maximum absolute atomic E-state index is 13.0. The van der Waals surface area contributed by atoms with Crippen LogP contribution in [0.2, 0.25) is 0 Å². The average Bonchev–Trinajstić information content (AvgIpc) is 3.16. The highest BCUT2D eigenvalue weighted by atomic mass is 19.1. The van der Waals surface area contributed by atoms with Crippen LogP contribution in [0.1, 0.15) is 37.7 Å². The molecule has 1 N–H and O–H groups in total. The first-order valence-corrected chi connectivity index (χ1v) is 6.88. The summed E-state index contributed by atoms with van der Waals surface area (Å²) in [5.41, 5.74) is 0.992. The summed E-state index contributed by atoms with van der Waals surface area (Å²) < 4.78 is 18.6. The fourth-order valence-corrected chi connectivity index (χ4v) is 1.91. The molecule has 0 saturated heterocycles. The minimum atomic E-state index is -0.232. The van der Waals surface area contributed by atoms with Gasteiger partial charge in [-0.15, -0.1) is 0 Å². The number of aryl methyl sites for hydroxylation is 1. The quantitative estimate of drug-likeness (QED) is 0.715. The van der Waals surface area contributed by atoms with E-state index in [4.69, 9.17) is 4.74 Å². The van der Waals surface area contributed by atoms with Crippen LogP contribution in [0.15, 0.2) is 18.2 Å². The fraction of sp³-hybridized carbons (Fsp3) is 0.600. The topological polar surface area (TPSA) is 21.3 Å². The molecular formula is C15H22FNO. The van der Waals surface area contributed by atoms with Crippen molar-refractivity contribution in [3.05, 3.63) is 29.6 Å². The maximum Gasteiger partial charge on any atom is 0.126 e. The van der Waals surface area contributed by atoms with Crippen LogP contribution in [0.5, 0.6) is 5.75 Å². The van der Waals surface area contributed by atoms with E-state index in [9.17, 15) is 4.39 Å². The maximum atomic E-state index is 13.0. The van der Waals surface area contributed by atoms with Crippen LogP contribution in [-0.2, 0) is 0 Å². The fourth-order valence-electron chi connectivity index (χ4n) is 1.91. The van der Waals surface area contributed by atoms with Crippen molar-refractivity contribution in [2.24, 2.45) is 0 Å². The summed E-state index contributed by atoms with van der Waals surface area (Å²) >= 11 is 0. The smallest absolute Gasteiger partial charge is 0.126 e. The number of unbranched alkanes of at least 4 members (excludes halogenated alkanes) is 2. The van der Waals surface area contributed by atoms with Crippen molar-refractivity contribution in [2.45, 2.75) is 45.1 Å². The first-order chi connectivity index (χ1) is 8.75. The first-order valence-electron chi connectivity index (χ1n) is 6.88. The van der Waals surface area contributed by atoms with Crippen LogP contribution in [0, 0.1) is 12.7 Å². The summed E-state index contributed by atoms with van der Waals surface area (Å²) in [4.78, 5) is 0. The summed E-state index contributed by atoms with van der Waals surface area (Å²) in [6.07, 6.45) is 6.09. The Balaban J connectivity index is 1.55. The normalized spacial score (nSPS) is 14.8. The van der Waals surface area contributed by atoms with Crippen molar-refractivity contribution in [3.8, 4) is 5.75 Å². The number of hydrogen-bond acceptors (Lipinski definition) is 2. The number of ether oxygens (including phenoxy) is 1. The van der Waals surface area contributed by atoms with Gasteiger partial charge in [-0.25, -0.2) is 4.39 Å². The number of benzene rings is 1. The van der Waals surface area contributed by atoms with Gasteiger partial charge in [-0.05, 0) is 57.2 Å². The first kappa shape index (κ1) is 13.3. The van der Waals surface area contributed by atoms with E-state index in [2.05, 4.69) is 5.32 Å².